The van der Waals surface area contributed by atoms with Gasteiger partial charge in [-0.2, -0.15) is 0 Å². The molecule has 0 unspecified atom stereocenters. The van der Waals surface area contributed by atoms with Gasteiger partial charge in [0.25, 0.3) is 0 Å². The summed E-state index contributed by atoms with van der Waals surface area (Å²) < 4.78 is 10.4. The van der Waals surface area contributed by atoms with Gasteiger partial charge < -0.3 is 25.2 Å². The first-order valence-electron chi connectivity index (χ1n) is 9.86. The minimum Gasteiger partial charge on any atom is -0.480 e. The zero-order chi connectivity index (χ0) is 21.2. The van der Waals surface area contributed by atoms with Crippen molar-refractivity contribution in [2.24, 2.45) is 0 Å². The number of ether oxygens (including phenoxy) is 2. The zero-order valence-electron chi connectivity index (χ0n) is 17.0. The van der Waals surface area contributed by atoms with Gasteiger partial charge >= 0.3 is 5.97 Å². The van der Waals surface area contributed by atoms with Crippen LogP contribution >= 0.6 is 0 Å². The lowest BCUT2D eigenvalue weighted by molar-refractivity contribution is -0.143. The molecule has 0 aromatic carbocycles. The molecule has 0 saturated carbocycles. The Hall–Kier alpha value is -2.00. The number of nitrogens with one attached hydrogen (secondary N) is 2. The van der Waals surface area contributed by atoms with E-state index in [1.807, 2.05) is 6.92 Å². The van der Waals surface area contributed by atoms with Crippen molar-refractivity contribution in [3.8, 4) is 0 Å². The number of carboxylic acid groups (broad SMARTS) is 1. The second-order valence-corrected chi connectivity index (χ2v) is 6.40. The van der Waals surface area contributed by atoms with Gasteiger partial charge in [0, 0.05) is 32.4 Å². The predicted octanol–water partition coefficient (Wildman–Crippen LogP) is 1.04. The van der Waals surface area contributed by atoms with Crippen LogP contribution in [0.3, 0.4) is 0 Å². The molecule has 0 spiro atoms. The van der Waals surface area contributed by atoms with E-state index in [1.54, 1.807) is 0 Å². The first kappa shape index (κ1) is 26.0. The molecular weight excluding hydrogens is 368 g/mol. The standard InChI is InChI=1S/C19H34N2O7/c1-3-5-11-27-12-13-28-14-18(24)21-16(19(25)26)8-6-15(22)7-9-17(23)20-10-4-2/h16H,3-14H2,1-2H3,(H,20,23)(H,21,24)(H,25,26)/t16-/m0/s1. The summed E-state index contributed by atoms with van der Waals surface area (Å²) in [6.45, 7) is 5.53. The van der Waals surface area contributed by atoms with Crippen molar-refractivity contribution >= 4 is 23.6 Å². The van der Waals surface area contributed by atoms with Crippen molar-refractivity contribution in [3.63, 3.8) is 0 Å². The second-order valence-electron chi connectivity index (χ2n) is 6.40. The molecule has 9 nitrogen and oxygen atoms in total. The quantitative estimate of drug-likeness (QED) is 0.292. The highest BCUT2D eigenvalue weighted by molar-refractivity contribution is 5.87. The van der Waals surface area contributed by atoms with Crippen LogP contribution in [0.4, 0.5) is 0 Å². The van der Waals surface area contributed by atoms with Gasteiger partial charge in [0.2, 0.25) is 11.8 Å². The number of ketones is 1. The van der Waals surface area contributed by atoms with Gasteiger partial charge in [-0.3, -0.25) is 14.4 Å². The minimum absolute atomic E-state index is 0.0234. The topological polar surface area (TPSA) is 131 Å². The highest BCUT2D eigenvalue weighted by Gasteiger charge is 2.21. The smallest absolute Gasteiger partial charge is 0.326 e. The molecule has 0 fully saturated rings. The van der Waals surface area contributed by atoms with Gasteiger partial charge in [0.1, 0.15) is 18.4 Å². The predicted molar refractivity (Wildman–Crippen MR) is 103 cm³/mol. The summed E-state index contributed by atoms with van der Waals surface area (Å²) in [5, 5.41) is 14.2. The van der Waals surface area contributed by atoms with Crippen LogP contribution in [0.2, 0.25) is 0 Å². The summed E-state index contributed by atoms with van der Waals surface area (Å²) in [5.74, 6) is -2.20. The number of aliphatic carboxylic acids is 1. The van der Waals surface area contributed by atoms with E-state index in [0.29, 0.717) is 19.8 Å². The summed E-state index contributed by atoms with van der Waals surface area (Å²) in [5.41, 5.74) is 0. The Bertz CT molecular complexity index is 483. The van der Waals surface area contributed by atoms with Gasteiger partial charge in [-0.15, -0.1) is 0 Å². The highest BCUT2D eigenvalue weighted by Crippen LogP contribution is 2.04. The Morgan fingerprint density at radius 1 is 0.893 bits per heavy atom. The number of unbranched alkanes of at least 4 members (excludes halogenated alkanes) is 1. The number of rotatable bonds is 18. The third-order valence-electron chi connectivity index (χ3n) is 3.80. The van der Waals surface area contributed by atoms with Gasteiger partial charge in [-0.1, -0.05) is 20.3 Å². The first-order chi connectivity index (χ1) is 13.4. The van der Waals surface area contributed by atoms with Crippen molar-refractivity contribution in [1.29, 1.82) is 0 Å². The molecular formula is C19H34N2O7. The Morgan fingerprint density at radius 3 is 2.25 bits per heavy atom. The van der Waals surface area contributed by atoms with Gasteiger partial charge in [0.05, 0.1) is 13.2 Å². The maximum Gasteiger partial charge on any atom is 0.326 e. The molecule has 0 heterocycles. The molecule has 0 aliphatic heterocycles. The van der Waals surface area contributed by atoms with E-state index in [9.17, 15) is 24.3 Å². The van der Waals surface area contributed by atoms with Crippen molar-refractivity contribution in [2.45, 2.75) is 64.8 Å². The van der Waals surface area contributed by atoms with E-state index in [-0.39, 0.29) is 50.6 Å². The fourth-order valence-electron chi connectivity index (χ4n) is 2.16. The van der Waals surface area contributed by atoms with Crippen LogP contribution < -0.4 is 10.6 Å². The van der Waals surface area contributed by atoms with E-state index in [1.165, 1.54) is 0 Å². The van der Waals surface area contributed by atoms with Crippen LogP contribution in [0.25, 0.3) is 0 Å². The van der Waals surface area contributed by atoms with Crippen molar-refractivity contribution in [1.82, 2.24) is 10.6 Å². The summed E-state index contributed by atoms with van der Waals surface area (Å²) in [6, 6.07) is -1.17. The average Bonchev–Trinajstić information content (AvgIpc) is 2.66. The normalized spacial score (nSPS) is 11.6. The molecule has 28 heavy (non-hydrogen) atoms. The summed E-state index contributed by atoms with van der Waals surface area (Å²) >= 11 is 0. The molecule has 0 rings (SSSR count). The van der Waals surface area contributed by atoms with Crippen LogP contribution in [0, 0.1) is 0 Å². The van der Waals surface area contributed by atoms with Crippen molar-refractivity contribution < 1.29 is 33.8 Å². The lowest BCUT2D eigenvalue weighted by atomic mass is 10.1. The van der Waals surface area contributed by atoms with E-state index in [4.69, 9.17) is 9.47 Å². The molecule has 3 N–H and O–H groups in total. The van der Waals surface area contributed by atoms with E-state index < -0.39 is 17.9 Å². The fourth-order valence-corrected chi connectivity index (χ4v) is 2.16. The molecule has 1 atom stereocenters. The SMILES string of the molecule is CCCCOCCOCC(=O)N[C@@H](CCC(=O)CCC(=O)NCCC)C(=O)O. The van der Waals surface area contributed by atoms with Crippen molar-refractivity contribution in [2.75, 3.05) is 33.0 Å². The van der Waals surface area contributed by atoms with E-state index in [2.05, 4.69) is 17.6 Å². The van der Waals surface area contributed by atoms with Crippen LogP contribution in [0.5, 0.6) is 0 Å². The van der Waals surface area contributed by atoms with Crippen LogP contribution in [0.1, 0.15) is 58.8 Å². The Balaban J connectivity index is 4.01. The lowest BCUT2D eigenvalue weighted by Crippen LogP contribution is -2.42. The molecule has 0 aromatic rings. The Labute approximate surface area is 166 Å². The van der Waals surface area contributed by atoms with Gasteiger partial charge in [-0.25, -0.2) is 4.79 Å². The molecule has 0 aromatic heterocycles. The van der Waals surface area contributed by atoms with E-state index >= 15 is 0 Å². The fraction of sp³-hybridized carbons (Fsp3) is 0.789. The second kappa shape index (κ2) is 17.1. The average molecular weight is 402 g/mol. The molecule has 0 aliphatic carbocycles. The Kier molecular flexibility index (Phi) is 15.9. The third kappa shape index (κ3) is 15.1. The number of Topliss-reactive ketones (excluding diaryl/α,β-unsaturated/α-hetero) is 1. The number of hydrogen-bond acceptors (Lipinski definition) is 6. The first-order valence-corrected chi connectivity index (χ1v) is 9.86. The third-order valence-corrected chi connectivity index (χ3v) is 3.80. The maximum absolute atomic E-state index is 11.8. The number of hydrogen-bond donors (Lipinski definition) is 3. The summed E-state index contributed by atoms with van der Waals surface area (Å²) in [4.78, 5) is 46.3. The Morgan fingerprint density at radius 2 is 1.61 bits per heavy atom. The number of carbonyl (C=O) groups excluding carboxylic acids is 3. The summed E-state index contributed by atoms with van der Waals surface area (Å²) in [7, 11) is 0. The molecule has 0 radical (unpaired) electrons. The highest BCUT2D eigenvalue weighted by atomic mass is 16.5. The minimum atomic E-state index is -1.22. The molecule has 0 aliphatic rings. The van der Waals surface area contributed by atoms with E-state index in [0.717, 1.165) is 19.3 Å². The zero-order valence-corrected chi connectivity index (χ0v) is 17.0. The number of amides is 2. The molecule has 9 heteroatoms. The molecule has 162 valence electrons. The molecule has 0 saturated heterocycles. The maximum atomic E-state index is 11.8. The number of carbonyl (C=O) groups is 4. The van der Waals surface area contributed by atoms with Gasteiger partial charge in [0.15, 0.2) is 0 Å². The van der Waals surface area contributed by atoms with Gasteiger partial charge in [-0.05, 0) is 19.3 Å². The largest absolute Gasteiger partial charge is 0.480 e. The number of carboxylic acids is 1. The molecule has 0 bridgehead atoms. The van der Waals surface area contributed by atoms with Crippen LogP contribution in [-0.4, -0.2) is 67.7 Å². The van der Waals surface area contributed by atoms with Crippen molar-refractivity contribution in [3.05, 3.63) is 0 Å². The monoisotopic (exact) mass is 402 g/mol. The van der Waals surface area contributed by atoms with Crippen LogP contribution in [-0.2, 0) is 28.7 Å². The summed E-state index contributed by atoms with van der Waals surface area (Å²) in [6.07, 6.45) is 2.89. The lowest BCUT2D eigenvalue weighted by Gasteiger charge is -2.14. The van der Waals surface area contributed by atoms with Crippen LogP contribution in [0.15, 0.2) is 0 Å². The molecule has 2 amide bonds.